The maximum absolute atomic E-state index is 13.0. The Hall–Kier alpha value is -2.53. The van der Waals surface area contributed by atoms with Crippen LogP contribution in [0.15, 0.2) is 58.8 Å². The van der Waals surface area contributed by atoms with Gasteiger partial charge in [-0.2, -0.15) is 0 Å². The van der Waals surface area contributed by atoms with E-state index >= 15 is 0 Å². The van der Waals surface area contributed by atoms with Gasteiger partial charge < -0.3 is 9.64 Å². The van der Waals surface area contributed by atoms with Crippen LogP contribution in [0.5, 0.6) is 5.75 Å². The van der Waals surface area contributed by atoms with Gasteiger partial charge in [0, 0.05) is 43.8 Å². The molecular weight excluding hydrogens is 439 g/mol. The smallest absolute Gasteiger partial charge is 0.238 e. The highest BCUT2D eigenvalue weighted by Gasteiger charge is 2.19. The van der Waals surface area contributed by atoms with Crippen LogP contribution >= 0.6 is 11.3 Å². The highest BCUT2D eigenvalue weighted by molar-refractivity contribution is 7.89. The molecule has 7 nitrogen and oxygen atoms in total. The van der Waals surface area contributed by atoms with Gasteiger partial charge >= 0.3 is 0 Å². The normalized spacial score (nSPS) is 15.2. The van der Waals surface area contributed by atoms with Gasteiger partial charge in [0.25, 0.3) is 0 Å². The standard InChI is InChI=1S/C21H23FN4O3S2/c22-16-1-5-19(6-2-16)29-14-21-24-17(15-30-21)13-25-9-11-26(12-10-25)18-3-7-20(8-4-18)31(23,27)28/h1-8,15H,9-14H2,(H2,23,27,28). The average Bonchev–Trinajstić information content (AvgIpc) is 3.21. The van der Waals surface area contributed by atoms with Gasteiger partial charge in [-0.05, 0) is 48.5 Å². The fraction of sp³-hybridized carbons (Fsp3) is 0.286. The first-order chi connectivity index (χ1) is 14.9. The van der Waals surface area contributed by atoms with E-state index in [2.05, 4.69) is 14.8 Å². The molecule has 1 fully saturated rings. The minimum Gasteiger partial charge on any atom is -0.486 e. The Morgan fingerprint density at radius 1 is 1.03 bits per heavy atom. The summed E-state index contributed by atoms with van der Waals surface area (Å²) in [7, 11) is -3.67. The number of nitrogens with zero attached hydrogens (tertiary/aromatic N) is 3. The van der Waals surface area contributed by atoms with Gasteiger partial charge in [-0.3, -0.25) is 4.90 Å². The molecule has 10 heteroatoms. The molecule has 0 saturated carbocycles. The van der Waals surface area contributed by atoms with Crippen LogP contribution in [0.4, 0.5) is 10.1 Å². The lowest BCUT2D eigenvalue weighted by atomic mass is 10.2. The molecule has 0 atom stereocenters. The number of ether oxygens (including phenoxy) is 1. The van der Waals surface area contributed by atoms with Crippen molar-refractivity contribution in [2.24, 2.45) is 5.14 Å². The van der Waals surface area contributed by atoms with Gasteiger partial charge in [0.05, 0.1) is 10.6 Å². The lowest BCUT2D eigenvalue weighted by Gasteiger charge is -2.35. The number of benzene rings is 2. The van der Waals surface area contributed by atoms with E-state index in [0.717, 1.165) is 49.1 Å². The zero-order chi connectivity index (χ0) is 21.8. The second-order valence-corrected chi connectivity index (χ2v) is 9.78. The second kappa shape index (κ2) is 9.31. The summed E-state index contributed by atoms with van der Waals surface area (Å²) in [5, 5.41) is 8.08. The predicted octanol–water partition coefficient (Wildman–Crippen LogP) is 2.83. The van der Waals surface area contributed by atoms with Crippen molar-refractivity contribution < 1.29 is 17.5 Å². The summed E-state index contributed by atoms with van der Waals surface area (Å²) in [5.41, 5.74) is 1.99. The molecule has 0 unspecified atom stereocenters. The van der Waals surface area contributed by atoms with Crippen LogP contribution in [-0.2, 0) is 23.2 Å². The van der Waals surface area contributed by atoms with E-state index in [4.69, 9.17) is 9.88 Å². The van der Waals surface area contributed by atoms with Gasteiger partial charge in [0.15, 0.2) is 0 Å². The Morgan fingerprint density at radius 2 is 1.71 bits per heavy atom. The third-order valence-corrected chi connectivity index (χ3v) is 6.86. The SMILES string of the molecule is NS(=O)(=O)c1ccc(N2CCN(Cc3csc(COc4ccc(F)cc4)n3)CC2)cc1. The molecule has 1 saturated heterocycles. The fourth-order valence-electron chi connectivity index (χ4n) is 3.40. The summed E-state index contributed by atoms with van der Waals surface area (Å²) in [5.74, 6) is 0.330. The highest BCUT2D eigenvalue weighted by Crippen LogP contribution is 2.21. The third kappa shape index (κ3) is 5.79. The number of aromatic nitrogens is 1. The first-order valence-electron chi connectivity index (χ1n) is 9.79. The summed E-state index contributed by atoms with van der Waals surface area (Å²) in [6.45, 7) is 4.59. The molecule has 164 valence electrons. The maximum atomic E-state index is 13.0. The largest absolute Gasteiger partial charge is 0.486 e. The van der Waals surface area contributed by atoms with Crippen molar-refractivity contribution >= 4 is 27.0 Å². The molecule has 2 heterocycles. The zero-order valence-electron chi connectivity index (χ0n) is 16.8. The summed E-state index contributed by atoms with van der Waals surface area (Å²) in [4.78, 5) is 9.34. The van der Waals surface area contributed by atoms with Crippen LogP contribution in [0.1, 0.15) is 10.7 Å². The quantitative estimate of drug-likeness (QED) is 0.581. The Bertz CT molecular complexity index is 1110. The van der Waals surface area contributed by atoms with Crippen LogP contribution < -0.4 is 14.8 Å². The van der Waals surface area contributed by atoms with Gasteiger partial charge in [0.2, 0.25) is 10.0 Å². The van der Waals surface area contributed by atoms with Gasteiger partial charge in [-0.1, -0.05) is 0 Å². The molecule has 0 radical (unpaired) electrons. The summed E-state index contributed by atoms with van der Waals surface area (Å²) >= 11 is 1.55. The van der Waals surface area contributed by atoms with Crippen LogP contribution in [0, 0.1) is 5.82 Å². The zero-order valence-corrected chi connectivity index (χ0v) is 18.4. The number of piperazine rings is 1. The predicted molar refractivity (Wildman–Crippen MR) is 118 cm³/mol. The number of anilines is 1. The van der Waals surface area contributed by atoms with Crippen molar-refractivity contribution in [3.63, 3.8) is 0 Å². The van der Waals surface area contributed by atoms with Crippen molar-refractivity contribution in [3.05, 3.63) is 70.4 Å². The number of primary sulfonamides is 1. The summed E-state index contributed by atoms with van der Waals surface area (Å²) < 4.78 is 41.4. The molecule has 2 aromatic carbocycles. The molecular formula is C21H23FN4O3S2. The van der Waals surface area contributed by atoms with E-state index in [9.17, 15) is 12.8 Å². The molecule has 0 bridgehead atoms. The number of rotatable bonds is 7. The highest BCUT2D eigenvalue weighted by atomic mass is 32.2. The number of sulfonamides is 1. The Balaban J connectivity index is 1.26. The lowest BCUT2D eigenvalue weighted by molar-refractivity contribution is 0.246. The summed E-state index contributed by atoms with van der Waals surface area (Å²) in [6.07, 6.45) is 0. The lowest BCUT2D eigenvalue weighted by Crippen LogP contribution is -2.46. The van der Waals surface area contributed by atoms with E-state index < -0.39 is 10.0 Å². The Kier molecular flexibility index (Phi) is 6.51. The van der Waals surface area contributed by atoms with E-state index in [1.165, 1.54) is 12.1 Å². The molecule has 1 aliphatic rings. The van der Waals surface area contributed by atoms with Crippen LogP contribution in [0.2, 0.25) is 0 Å². The van der Waals surface area contributed by atoms with E-state index in [-0.39, 0.29) is 10.7 Å². The molecule has 0 aliphatic carbocycles. The minimum atomic E-state index is -3.67. The van der Waals surface area contributed by atoms with Gasteiger partial charge in [0.1, 0.15) is 23.2 Å². The van der Waals surface area contributed by atoms with E-state index in [0.29, 0.717) is 12.4 Å². The van der Waals surface area contributed by atoms with Gasteiger partial charge in [-0.15, -0.1) is 11.3 Å². The first kappa shape index (κ1) is 21.7. The average molecular weight is 463 g/mol. The van der Waals surface area contributed by atoms with Crippen molar-refractivity contribution in [3.8, 4) is 5.75 Å². The summed E-state index contributed by atoms with van der Waals surface area (Å²) in [6, 6.07) is 12.6. The molecule has 0 amide bonds. The Morgan fingerprint density at radius 3 is 2.35 bits per heavy atom. The van der Waals surface area contributed by atoms with Crippen LogP contribution in [0.25, 0.3) is 0 Å². The van der Waals surface area contributed by atoms with Crippen molar-refractivity contribution in [1.29, 1.82) is 0 Å². The molecule has 2 N–H and O–H groups in total. The maximum Gasteiger partial charge on any atom is 0.238 e. The molecule has 1 aliphatic heterocycles. The van der Waals surface area contributed by atoms with Crippen molar-refractivity contribution in [2.75, 3.05) is 31.1 Å². The Labute approximate surface area is 184 Å². The third-order valence-electron chi connectivity index (χ3n) is 5.06. The molecule has 0 spiro atoms. The van der Waals surface area contributed by atoms with Crippen LogP contribution in [0.3, 0.4) is 0 Å². The van der Waals surface area contributed by atoms with Crippen LogP contribution in [-0.4, -0.2) is 44.5 Å². The number of halogens is 1. The van der Waals surface area contributed by atoms with E-state index in [1.54, 1.807) is 47.7 Å². The van der Waals surface area contributed by atoms with Gasteiger partial charge in [-0.25, -0.2) is 22.9 Å². The monoisotopic (exact) mass is 462 g/mol. The molecule has 31 heavy (non-hydrogen) atoms. The van der Waals surface area contributed by atoms with E-state index in [1.807, 2.05) is 5.38 Å². The number of nitrogens with two attached hydrogens (primary N) is 1. The molecule has 3 aromatic rings. The van der Waals surface area contributed by atoms with Crippen molar-refractivity contribution in [1.82, 2.24) is 9.88 Å². The molecule has 1 aromatic heterocycles. The van der Waals surface area contributed by atoms with Crippen molar-refractivity contribution in [2.45, 2.75) is 18.0 Å². The number of hydrogen-bond acceptors (Lipinski definition) is 7. The number of thiazole rings is 1. The second-order valence-electron chi connectivity index (χ2n) is 7.28. The fourth-order valence-corrected chi connectivity index (χ4v) is 4.62. The number of hydrogen-bond donors (Lipinski definition) is 1. The topological polar surface area (TPSA) is 88.8 Å². The minimum absolute atomic E-state index is 0.123. The first-order valence-corrected chi connectivity index (χ1v) is 12.2. The molecule has 4 rings (SSSR count).